The van der Waals surface area contributed by atoms with Crippen molar-refractivity contribution in [3.05, 3.63) is 0 Å². The van der Waals surface area contributed by atoms with Gasteiger partial charge < -0.3 is 18.7 Å². The summed E-state index contributed by atoms with van der Waals surface area (Å²) in [6.45, 7) is 6.50. The molecule has 0 saturated carbocycles. The molecule has 0 aliphatic heterocycles. The van der Waals surface area contributed by atoms with E-state index < -0.39 is 0 Å². The first-order valence-corrected chi connectivity index (χ1v) is 15.0. The zero-order chi connectivity index (χ0) is 25.2. The molecular formula is C30H64NO3+. The summed E-state index contributed by atoms with van der Waals surface area (Å²) in [6.07, 6.45) is 26.2. The summed E-state index contributed by atoms with van der Waals surface area (Å²) in [5.74, 6) is 0. The van der Waals surface area contributed by atoms with E-state index >= 15 is 0 Å². The predicted octanol–water partition coefficient (Wildman–Crippen LogP) is 8.17. The van der Waals surface area contributed by atoms with E-state index in [1.165, 1.54) is 122 Å². The Hall–Kier alpha value is -0.160. The molecule has 0 bridgehead atoms. The lowest BCUT2D eigenvalue weighted by Gasteiger charge is -2.23. The molecule has 0 aromatic heterocycles. The van der Waals surface area contributed by atoms with Crippen LogP contribution in [0.25, 0.3) is 0 Å². The first-order chi connectivity index (χ1) is 16.5. The van der Waals surface area contributed by atoms with Crippen molar-refractivity contribution in [3.8, 4) is 0 Å². The average Bonchev–Trinajstić information content (AvgIpc) is 2.80. The van der Waals surface area contributed by atoms with Crippen molar-refractivity contribution in [1.29, 1.82) is 0 Å². The van der Waals surface area contributed by atoms with Crippen LogP contribution >= 0.6 is 0 Å². The minimum Gasteiger partial charge on any atom is -0.379 e. The molecule has 0 rings (SSSR count). The summed E-state index contributed by atoms with van der Waals surface area (Å²) >= 11 is 0. The van der Waals surface area contributed by atoms with Crippen molar-refractivity contribution in [2.75, 3.05) is 61.2 Å². The van der Waals surface area contributed by atoms with Gasteiger partial charge in [-0.2, -0.15) is 0 Å². The molecule has 0 N–H and O–H groups in total. The van der Waals surface area contributed by atoms with E-state index in [9.17, 15) is 0 Å². The highest BCUT2D eigenvalue weighted by Gasteiger charge is 2.08. The molecule has 0 amide bonds. The number of hydrogen-bond donors (Lipinski definition) is 0. The fourth-order valence-electron chi connectivity index (χ4n) is 4.33. The lowest BCUT2D eigenvalue weighted by atomic mass is 10.0. The molecule has 0 aliphatic carbocycles. The molecule has 0 aliphatic rings. The maximum absolute atomic E-state index is 5.83. The van der Waals surface area contributed by atoms with E-state index in [-0.39, 0.29) is 6.10 Å². The summed E-state index contributed by atoms with van der Waals surface area (Å²) < 4.78 is 18.2. The number of quaternary nitrogens is 1. The molecule has 4 nitrogen and oxygen atoms in total. The Morgan fingerprint density at radius 3 is 1.21 bits per heavy atom. The maximum atomic E-state index is 5.83. The topological polar surface area (TPSA) is 27.7 Å². The lowest BCUT2D eigenvalue weighted by Crippen LogP contribution is -2.35. The normalized spacial score (nSPS) is 13.0. The average molecular weight is 487 g/mol. The largest absolute Gasteiger partial charge is 0.379 e. The molecule has 0 radical (unpaired) electrons. The second-order valence-corrected chi connectivity index (χ2v) is 11.4. The lowest BCUT2D eigenvalue weighted by molar-refractivity contribution is -0.870. The maximum Gasteiger partial charge on any atom is 0.104 e. The standard InChI is InChI=1S/C30H64NO3/c1-6-7-8-9-10-11-12-13-14-15-16-17-18-19-20-23-26-33-28-30(32-5)29-34-27-24-21-22-25-31(2,3)4/h30H,6-29H2,1-5H3/q+1. The van der Waals surface area contributed by atoms with E-state index in [0.29, 0.717) is 13.2 Å². The Bertz CT molecular complexity index is 384. The van der Waals surface area contributed by atoms with Gasteiger partial charge in [0.25, 0.3) is 0 Å². The van der Waals surface area contributed by atoms with Gasteiger partial charge in [0, 0.05) is 20.3 Å². The van der Waals surface area contributed by atoms with E-state index in [4.69, 9.17) is 14.2 Å². The Labute approximate surface area is 215 Å². The first kappa shape index (κ1) is 33.8. The van der Waals surface area contributed by atoms with Gasteiger partial charge in [-0.1, -0.05) is 103 Å². The van der Waals surface area contributed by atoms with Crippen molar-refractivity contribution >= 4 is 0 Å². The third kappa shape index (κ3) is 28.1. The van der Waals surface area contributed by atoms with Crippen LogP contribution in [0.3, 0.4) is 0 Å². The molecule has 0 heterocycles. The van der Waals surface area contributed by atoms with E-state index in [2.05, 4.69) is 28.1 Å². The van der Waals surface area contributed by atoms with Gasteiger partial charge in [0.15, 0.2) is 0 Å². The van der Waals surface area contributed by atoms with Gasteiger partial charge in [-0.3, -0.25) is 0 Å². The minimum absolute atomic E-state index is 0.0623. The summed E-state index contributed by atoms with van der Waals surface area (Å²) in [7, 11) is 8.51. The zero-order valence-electron chi connectivity index (χ0n) is 24.2. The van der Waals surface area contributed by atoms with Crippen LogP contribution in [-0.2, 0) is 14.2 Å². The van der Waals surface area contributed by atoms with Crippen LogP contribution in [0.4, 0.5) is 0 Å². The molecular weight excluding hydrogens is 422 g/mol. The van der Waals surface area contributed by atoms with Gasteiger partial charge >= 0.3 is 0 Å². The number of rotatable bonds is 28. The predicted molar refractivity (Wildman–Crippen MR) is 149 cm³/mol. The van der Waals surface area contributed by atoms with Gasteiger partial charge in [0.1, 0.15) is 6.10 Å². The van der Waals surface area contributed by atoms with E-state index in [1.807, 2.05) is 0 Å². The minimum atomic E-state index is 0.0623. The van der Waals surface area contributed by atoms with E-state index in [0.717, 1.165) is 24.1 Å². The number of methoxy groups -OCH3 is 1. The highest BCUT2D eigenvalue weighted by molar-refractivity contribution is 4.55. The second kappa shape index (κ2) is 25.9. The van der Waals surface area contributed by atoms with Crippen molar-refractivity contribution in [1.82, 2.24) is 0 Å². The van der Waals surface area contributed by atoms with Gasteiger partial charge in [0.2, 0.25) is 0 Å². The molecule has 4 heteroatoms. The Morgan fingerprint density at radius 1 is 0.500 bits per heavy atom. The van der Waals surface area contributed by atoms with Crippen LogP contribution < -0.4 is 0 Å². The monoisotopic (exact) mass is 486 g/mol. The van der Waals surface area contributed by atoms with Crippen molar-refractivity contribution in [2.24, 2.45) is 0 Å². The van der Waals surface area contributed by atoms with Crippen LogP contribution in [0, 0.1) is 0 Å². The molecule has 0 saturated heterocycles. The number of unbranched alkanes of at least 4 members (excludes halogenated alkanes) is 17. The first-order valence-electron chi connectivity index (χ1n) is 15.0. The fraction of sp³-hybridized carbons (Fsp3) is 1.00. The number of ether oxygens (including phenoxy) is 3. The van der Waals surface area contributed by atoms with Gasteiger partial charge in [-0.05, 0) is 25.7 Å². The van der Waals surface area contributed by atoms with Crippen LogP contribution in [-0.4, -0.2) is 71.8 Å². The highest BCUT2D eigenvalue weighted by atomic mass is 16.6. The molecule has 0 aromatic carbocycles. The van der Waals surface area contributed by atoms with Crippen LogP contribution in [0.15, 0.2) is 0 Å². The highest BCUT2D eigenvalue weighted by Crippen LogP contribution is 2.13. The summed E-state index contributed by atoms with van der Waals surface area (Å²) in [6, 6.07) is 0. The SMILES string of the molecule is CCCCCCCCCCCCCCCCCCOCC(COCCCCC[N+](C)(C)C)OC. The molecule has 1 unspecified atom stereocenters. The quantitative estimate of drug-likeness (QED) is 0.0824. The summed E-state index contributed by atoms with van der Waals surface area (Å²) in [4.78, 5) is 0. The summed E-state index contributed by atoms with van der Waals surface area (Å²) in [5.41, 5.74) is 0. The third-order valence-corrected chi connectivity index (χ3v) is 6.70. The number of hydrogen-bond acceptors (Lipinski definition) is 3. The molecule has 34 heavy (non-hydrogen) atoms. The molecule has 206 valence electrons. The van der Waals surface area contributed by atoms with Gasteiger partial charge in [-0.15, -0.1) is 0 Å². The zero-order valence-corrected chi connectivity index (χ0v) is 24.2. The van der Waals surface area contributed by atoms with Gasteiger partial charge in [-0.25, -0.2) is 0 Å². The van der Waals surface area contributed by atoms with Crippen LogP contribution in [0.2, 0.25) is 0 Å². The van der Waals surface area contributed by atoms with Crippen LogP contribution in [0.5, 0.6) is 0 Å². The summed E-state index contributed by atoms with van der Waals surface area (Å²) in [5, 5.41) is 0. The number of nitrogens with zero attached hydrogens (tertiary/aromatic N) is 1. The van der Waals surface area contributed by atoms with Crippen LogP contribution in [0.1, 0.15) is 129 Å². The molecule has 0 fully saturated rings. The van der Waals surface area contributed by atoms with Crippen molar-refractivity contribution in [3.63, 3.8) is 0 Å². The smallest absolute Gasteiger partial charge is 0.104 e. The Kier molecular flexibility index (Phi) is 25.8. The third-order valence-electron chi connectivity index (χ3n) is 6.70. The van der Waals surface area contributed by atoms with Gasteiger partial charge in [0.05, 0.1) is 40.9 Å². The Balaban J connectivity index is 3.27. The second-order valence-electron chi connectivity index (χ2n) is 11.4. The van der Waals surface area contributed by atoms with E-state index in [1.54, 1.807) is 7.11 Å². The fourth-order valence-corrected chi connectivity index (χ4v) is 4.33. The molecule has 0 aromatic rings. The molecule has 0 spiro atoms. The Morgan fingerprint density at radius 2 is 0.853 bits per heavy atom. The van der Waals surface area contributed by atoms with Crippen molar-refractivity contribution < 1.29 is 18.7 Å². The van der Waals surface area contributed by atoms with Crippen molar-refractivity contribution in [2.45, 2.75) is 135 Å². The molecule has 1 atom stereocenters.